The van der Waals surface area contributed by atoms with Gasteiger partial charge in [0.2, 0.25) is 0 Å². The maximum absolute atomic E-state index is 5.63. The van der Waals surface area contributed by atoms with Gasteiger partial charge in [-0.15, -0.1) is 0 Å². The molecule has 0 N–H and O–H groups in total. The van der Waals surface area contributed by atoms with Crippen LogP contribution in [0.25, 0.3) is 0 Å². The largest absolute Gasteiger partial charge is 0.491 e. The first-order chi connectivity index (χ1) is 6.83. The lowest BCUT2D eigenvalue weighted by atomic mass is 10.3. The summed E-state index contributed by atoms with van der Waals surface area (Å²) in [5, 5.41) is 0. The van der Waals surface area contributed by atoms with Crippen LogP contribution in [0.15, 0.2) is 30.3 Å². The molecule has 78 valence electrons. The summed E-state index contributed by atoms with van der Waals surface area (Å²) in [4.78, 5) is 0. The van der Waals surface area contributed by atoms with Crippen LogP contribution < -0.4 is 4.74 Å². The molecule has 0 bridgehead atoms. The van der Waals surface area contributed by atoms with Gasteiger partial charge < -0.3 is 9.16 Å². The number of benzene rings is 1. The summed E-state index contributed by atoms with van der Waals surface area (Å²) >= 11 is 0. The van der Waals surface area contributed by atoms with E-state index >= 15 is 0 Å². The van der Waals surface area contributed by atoms with Gasteiger partial charge in [0, 0.05) is 0 Å². The third-order valence-corrected chi connectivity index (χ3v) is 4.03. The maximum Gasteiger partial charge on any atom is 0.173 e. The highest BCUT2D eigenvalue weighted by Crippen LogP contribution is 2.07. The second-order valence-electron chi connectivity index (χ2n) is 3.25. The molecule has 0 amide bonds. The minimum Gasteiger partial charge on any atom is -0.491 e. The van der Waals surface area contributed by atoms with Crippen molar-refractivity contribution in [3.8, 4) is 5.75 Å². The molecule has 0 radical (unpaired) electrons. The molecule has 2 nitrogen and oxygen atoms in total. The molecule has 1 aromatic carbocycles. The molecule has 0 spiro atoms. The van der Waals surface area contributed by atoms with Gasteiger partial charge in [-0.2, -0.15) is 0 Å². The monoisotopic (exact) mass is 210 g/mol. The molecule has 0 saturated carbocycles. The summed E-state index contributed by atoms with van der Waals surface area (Å²) < 4.78 is 11.1. The molecule has 0 saturated heterocycles. The third-order valence-electron chi connectivity index (χ3n) is 2.07. The topological polar surface area (TPSA) is 18.5 Å². The Morgan fingerprint density at radius 1 is 1.14 bits per heavy atom. The quantitative estimate of drug-likeness (QED) is 0.530. The van der Waals surface area contributed by atoms with Crippen LogP contribution in [0.5, 0.6) is 5.75 Å². The average Bonchev–Trinajstić information content (AvgIpc) is 2.25. The van der Waals surface area contributed by atoms with Gasteiger partial charge in [-0.25, -0.2) is 0 Å². The molecule has 3 heteroatoms. The molecular weight excluding hydrogens is 192 g/mol. The molecule has 1 rings (SSSR count). The Balaban J connectivity index is 2.10. The average molecular weight is 210 g/mol. The predicted molar refractivity (Wildman–Crippen MR) is 61.4 cm³/mol. The van der Waals surface area contributed by atoms with Gasteiger partial charge >= 0.3 is 0 Å². The molecule has 14 heavy (non-hydrogen) atoms. The normalized spacial score (nSPS) is 12.4. The first kappa shape index (κ1) is 11.3. The Hall–Kier alpha value is -0.803. The summed E-state index contributed by atoms with van der Waals surface area (Å²) in [6.07, 6.45) is 0. The summed E-state index contributed by atoms with van der Waals surface area (Å²) in [7, 11) is -0.887. The van der Waals surface area contributed by atoms with Crippen LogP contribution >= 0.6 is 0 Å². The molecule has 0 fully saturated rings. The fourth-order valence-corrected chi connectivity index (χ4v) is 1.78. The van der Waals surface area contributed by atoms with Gasteiger partial charge in [0.05, 0.1) is 6.61 Å². The summed E-state index contributed by atoms with van der Waals surface area (Å²) in [5.74, 6) is 0.918. The Morgan fingerprint density at radius 2 is 1.86 bits per heavy atom. The highest BCUT2D eigenvalue weighted by Gasteiger charge is 1.99. The van der Waals surface area contributed by atoms with E-state index in [9.17, 15) is 0 Å². The van der Waals surface area contributed by atoms with E-state index in [2.05, 4.69) is 13.5 Å². The second kappa shape index (κ2) is 6.62. The van der Waals surface area contributed by atoms with E-state index in [0.29, 0.717) is 6.61 Å². The molecule has 1 atom stereocenters. The molecule has 0 aliphatic rings. The van der Waals surface area contributed by atoms with Crippen LogP contribution in [0.4, 0.5) is 0 Å². The molecule has 1 unspecified atom stereocenters. The van der Waals surface area contributed by atoms with E-state index in [0.717, 1.165) is 12.4 Å². The number of para-hydroxylation sites is 1. The predicted octanol–water partition coefficient (Wildman–Crippen LogP) is 2.46. The molecule has 0 aromatic heterocycles. The number of rotatable bonds is 6. The van der Waals surface area contributed by atoms with Crippen molar-refractivity contribution in [1.29, 1.82) is 0 Å². The van der Waals surface area contributed by atoms with Crippen molar-refractivity contribution in [2.75, 3.05) is 13.2 Å². The van der Waals surface area contributed by atoms with E-state index < -0.39 is 9.04 Å². The Kier molecular flexibility index (Phi) is 5.33. The Bertz CT molecular complexity index is 238. The minimum absolute atomic E-state index is 0.654. The smallest absolute Gasteiger partial charge is 0.173 e. The van der Waals surface area contributed by atoms with Gasteiger partial charge in [0.25, 0.3) is 0 Å². The van der Waals surface area contributed by atoms with Crippen molar-refractivity contribution in [3.05, 3.63) is 30.3 Å². The fraction of sp³-hybridized carbons (Fsp3) is 0.455. The van der Waals surface area contributed by atoms with Gasteiger partial charge in [-0.05, 0) is 24.7 Å². The van der Waals surface area contributed by atoms with Crippen molar-refractivity contribution in [3.63, 3.8) is 0 Å². The second-order valence-corrected chi connectivity index (χ2v) is 6.02. The zero-order valence-electron chi connectivity index (χ0n) is 8.90. The van der Waals surface area contributed by atoms with Crippen LogP contribution in [0.1, 0.15) is 6.92 Å². The molecule has 0 aliphatic heterocycles. The van der Waals surface area contributed by atoms with Gasteiger partial charge in [0.1, 0.15) is 12.4 Å². The van der Waals surface area contributed by atoms with E-state index in [1.54, 1.807) is 0 Å². The SMILES string of the molecule is CC[SiH](C)OCCOc1ccccc1. The number of ether oxygens (including phenoxy) is 1. The van der Waals surface area contributed by atoms with E-state index in [1.165, 1.54) is 6.04 Å². The summed E-state index contributed by atoms with van der Waals surface area (Å²) in [6.45, 7) is 5.76. The number of hydrogen-bond acceptors (Lipinski definition) is 2. The summed E-state index contributed by atoms with van der Waals surface area (Å²) in [5.41, 5.74) is 0. The first-order valence-electron chi connectivity index (χ1n) is 5.12. The standard InChI is InChI=1S/C11H18O2Si/c1-3-14(2)13-10-9-12-11-7-5-4-6-8-11/h4-8,14H,3,9-10H2,1-2H3. The lowest BCUT2D eigenvalue weighted by molar-refractivity contribution is 0.218. The Morgan fingerprint density at radius 3 is 2.50 bits per heavy atom. The van der Waals surface area contributed by atoms with Crippen LogP contribution in [0.2, 0.25) is 12.6 Å². The lowest BCUT2D eigenvalue weighted by Gasteiger charge is -2.10. The lowest BCUT2D eigenvalue weighted by Crippen LogP contribution is -2.16. The number of hydrogen-bond donors (Lipinski definition) is 0. The molecule has 1 aromatic rings. The Labute approximate surface area is 87.6 Å². The van der Waals surface area contributed by atoms with E-state index in [1.807, 2.05) is 30.3 Å². The van der Waals surface area contributed by atoms with Crippen molar-refractivity contribution in [2.24, 2.45) is 0 Å². The highest BCUT2D eigenvalue weighted by atomic mass is 28.3. The van der Waals surface area contributed by atoms with Crippen molar-refractivity contribution >= 4 is 9.04 Å². The van der Waals surface area contributed by atoms with Crippen LogP contribution in [0.3, 0.4) is 0 Å². The third kappa shape index (κ3) is 4.44. The van der Waals surface area contributed by atoms with Gasteiger partial charge in [-0.1, -0.05) is 25.1 Å². The zero-order chi connectivity index (χ0) is 10.2. The van der Waals surface area contributed by atoms with Gasteiger partial charge in [0.15, 0.2) is 9.04 Å². The van der Waals surface area contributed by atoms with Gasteiger partial charge in [-0.3, -0.25) is 0 Å². The van der Waals surface area contributed by atoms with Crippen LogP contribution in [0, 0.1) is 0 Å². The molecule has 0 aliphatic carbocycles. The molecular formula is C11H18O2Si. The summed E-state index contributed by atoms with van der Waals surface area (Å²) in [6, 6.07) is 11.0. The zero-order valence-corrected chi connectivity index (χ0v) is 10.1. The fourth-order valence-electron chi connectivity index (χ4n) is 1.04. The van der Waals surface area contributed by atoms with E-state index in [-0.39, 0.29) is 0 Å². The maximum atomic E-state index is 5.63. The van der Waals surface area contributed by atoms with Crippen LogP contribution in [-0.2, 0) is 4.43 Å². The first-order valence-corrected chi connectivity index (χ1v) is 7.56. The van der Waals surface area contributed by atoms with E-state index in [4.69, 9.17) is 9.16 Å². The van der Waals surface area contributed by atoms with Crippen LogP contribution in [-0.4, -0.2) is 22.3 Å². The van der Waals surface area contributed by atoms with Crippen molar-refractivity contribution in [2.45, 2.75) is 19.5 Å². The molecule has 0 heterocycles. The minimum atomic E-state index is -0.887. The van der Waals surface area contributed by atoms with Crippen molar-refractivity contribution < 1.29 is 9.16 Å². The van der Waals surface area contributed by atoms with Crippen molar-refractivity contribution in [1.82, 2.24) is 0 Å². The highest BCUT2D eigenvalue weighted by molar-refractivity contribution is 6.49.